The van der Waals surface area contributed by atoms with Crippen LogP contribution in [0.1, 0.15) is 105 Å². The molecule has 14 aromatic rings. The lowest BCUT2D eigenvalue weighted by molar-refractivity contribution is 0.590. The molecule has 5 aromatic heterocycles. The molecule has 0 saturated carbocycles. The highest BCUT2D eigenvalue weighted by molar-refractivity contribution is 6.14. The molecule has 0 saturated heterocycles. The molecule has 0 amide bonds. The van der Waals surface area contributed by atoms with Gasteiger partial charge in [0.25, 0.3) is 0 Å². The summed E-state index contributed by atoms with van der Waals surface area (Å²) >= 11 is 0. The van der Waals surface area contributed by atoms with Crippen LogP contribution in [0.5, 0.6) is 0 Å². The molecule has 5 heterocycles. The van der Waals surface area contributed by atoms with Crippen molar-refractivity contribution in [2.45, 2.75) is 105 Å². The number of imidazole rings is 1. The smallest absolute Gasteiger partial charge is 0.137 e. The number of hydrogen-bond donors (Lipinski definition) is 0. The maximum Gasteiger partial charge on any atom is 0.137 e. The zero-order chi connectivity index (χ0) is 56.8. The summed E-state index contributed by atoms with van der Waals surface area (Å²) in [6, 6.07) is 77.5. The first kappa shape index (κ1) is 51.2. The van der Waals surface area contributed by atoms with Crippen LogP contribution >= 0.6 is 0 Å². The summed E-state index contributed by atoms with van der Waals surface area (Å²) in [5, 5.41) is 7.54. The predicted octanol–water partition coefficient (Wildman–Crippen LogP) is 20.8. The molecule has 404 valence electrons. The Labute approximate surface area is 481 Å². The van der Waals surface area contributed by atoms with Gasteiger partial charge in [-0.25, -0.2) is 4.98 Å². The van der Waals surface area contributed by atoms with Gasteiger partial charge >= 0.3 is 0 Å². The first-order valence-corrected chi connectivity index (χ1v) is 29.2. The average molecular weight is 1070 g/mol. The second-order valence-electron chi connectivity index (χ2n) is 27.1. The van der Waals surface area contributed by atoms with Crippen LogP contribution in [-0.2, 0) is 21.7 Å². The number of rotatable bonds is 6. The van der Waals surface area contributed by atoms with Crippen LogP contribution in [0, 0.1) is 0 Å². The molecule has 0 atom stereocenters. The van der Waals surface area contributed by atoms with Crippen molar-refractivity contribution in [1.29, 1.82) is 0 Å². The summed E-state index contributed by atoms with van der Waals surface area (Å²) in [7, 11) is 0. The van der Waals surface area contributed by atoms with E-state index in [2.05, 4.69) is 314 Å². The van der Waals surface area contributed by atoms with E-state index >= 15 is 0 Å². The second kappa shape index (κ2) is 18.3. The minimum Gasteiger partial charge on any atom is -0.309 e. The van der Waals surface area contributed by atoms with E-state index in [0.29, 0.717) is 0 Å². The summed E-state index contributed by atoms with van der Waals surface area (Å²) < 4.78 is 9.73. The molecule has 14 rings (SSSR count). The Kier molecular flexibility index (Phi) is 11.4. The Morgan fingerprint density at radius 3 is 1.00 bits per heavy atom. The fourth-order valence-corrected chi connectivity index (χ4v) is 12.7. The lowest BCUT2D eigenvalue weighted by Crippen LogP contribution is -2.10. The van der Waals surface area contributed by atoms with Crippen LogP contribution in [0.4, 0.5) is 0 Å². The molecule has 5 heteroatoms. The van der Waals surface area contributed by atoms with Crippen molar-refractivity contribution in [3.8, 4) is 50.7 Å². The number of fused-ring (bicyclic) bond motifs is 10. The van der Waals surface area contributed by atoms with Crippen LogP contribution in [0.15, 0.2) is 212 Å². The minimum absolute atomic E-state index is 0.00710. The van der Waals surface area contributed by atoms with Crippen LogP contribution in [0.25, 0.3) is 122 Å². The Morgan fingerprint density at radius 1 is 0.280 bits per heavy atom. The summed E-state index contributed by atoms with van der Waals surface area (Å²) in [4.78, 5) is 5.21. The van der Waals surface area contributed by atoms with E-state index < -0.39 is 0 Å². The summed E-state index contributed by atoms with van der Waals surface area (Å²) in [5.41, 5.74) is 23.4. The highest BCUT2D eigenvalue weighted by atomic mass is 15.0. The summed E-state index contributed by atoms with van der Waals surface area (Å²) in [5.74, 6) is 0. The molecule has 0 fully saturated rings. The van der Waals surface area contributed by atoms with Gasteiger partial charge in [0.1, 0.15) is 5.65 Å². The van der Waals surface area contributed by atoms with Crippen molar-refractivity contribution < 1.29 is 0 Å². The molecular formula is C77H71N5. The van der Waals surface area contributed by atoms with Gasteiger partial charge in [-0.15, -0.1) is 0 Å². The molecule has 0 aliphatic heterocycles. The maximum atomic E-state index is 5.21. The summed E-state index contributed by atoms with van der Waals surface area (Å²) in [6.07, 6.45) is 2.25. The molecule has 82 heavy (non-hydrogen) atoms. The molecule has 0 spiro atoms. The van der Waals surface area contributed by atoms with Gasteiger partial charge in [0.2, 0.25) is 0 Å². The highest BCUT2D eigenvalue weighted by Crippen LogP contribution is 2.44. The highest BCUT2D eigenvalue weighted by Gasteiger charge is 2.25. The number of aromatic nitrogens is 5. The van der Waals surface area contributed by atoms with E-state index in [4.69, 9.17) is 4.98 Å². The van der Waals surface area contributed by atoms with Crippen LogP contribution in [0.3, 0.4) is 0 Å². The summed E-state index contributed by atoms with van der Waals surface area (Å²) in [6.45, 7) is 27.8. The van der Waals surface area contributed by atoms with E-state index in [0.717, 1.165) is 67.4 Å². The largest absolute Gasteiger partial charge is 0.309 e. The number of benzene rings is 9. The normalized spacial score (nSPS) is 12.9. The Bertz CT molecular complexity index is 4510. The predicted molar refractivity (Wildman–Crippen MR) is 349 cm³/mol. The topological polar surface area (TPSA) is 32.1 Å². The lowest BCUT2D eigenvalue weighted by Gasteiger charge is -2.19. The molecule has 0 bridgehead atoms. The molecular weight excluding hydrogens is 995 g/mol. The van der Waals surface area contributed by atoms with E-state index in [9.17, 15) is 0 Å². The van der Waals surface area contributed by atoms with Crippen LogP contribution in [0.2, 0.25) is 0 Å². The van der Waals surface area contributed by atoms with Gasteiger partial charge in [0.05, 0.1) is 44.5 Å². The van der Waals surface area contributed by atoms with Gasteiger partial charge in [-0.05, 0) is 164 Å². The Balaban J connectivity index is 0.979. The third-order valence-electron chi connectivity index (χ3n) is 17.4. The van der Waals surface area contributed by atoms with Crippen molar-refractivity contribution in [3.63, 3.8) is 0 Å². The minimum atomic E-state index is 0.00710. The molecule has 0 radical (unpaired) electrons. The zero-order valence-corrected chi connectivity index (χ0v) is 49.4. The molecule has 9 aromatic carbocycles. The van der Waals surface area contributed by atoms with Crippen molar-refractivity contribution in [1.82, 2.24) is 23.1 Å². The molecule has 0 aliphatic rings. The van der Waals surface area contributed by atoms with E-state index in [1.807, 2.05) is 0 Å². The van der Waals surface area contributed by atoms with Crippen molar-refractivity contribution in [3.05, 3.63) is 235 Å². The van der Waals surface area contributed by atoms with Gasteiger partial charge in [-0.2, -0.15) is 0 Å². The average Bonchev–Trinajstić information content (AvgIpc) is 3.62. The van der Waals surface area contributed by atoms with Crippen LogP contribution in [-0.4, -0.2) is 23.1 Å². The third-order valence-corrected chi connectivity index (χ3v) is 17.4. The van der Waals surface area contributed by atoms with Crippen molar-refractivity contribution in [2.75, 3.05) is 0 Å². The van der Waals surface area contributed by atoms with Gasteiger partial charge < -0.3 is 13.7 Å². The van der Waals surface area contributed by atoms with Crippen molar-refractivity contribution in [2.24, 2.45) is 0 Å². The first-order chi connectivity index (χ1) is 39.2. The van der Waals surface area contributed by atoms with Gasteiger partial charge in [0, 0.05) is 66.7 Å². The van der Waals surface area contributed by atoms with E-state index in [-0.39, 0.29) is 21.7 Å². The van der Waals surface area contributed by atoms with Gasteiger partial charge in [-0.1, -0.05) is 180 Å². The zero-order valence-electron chi connectivity index (χ0n) is 49.4. The van der Waals surface area contributed by atoms with Gasteiger partial charge in [0.15, 0.2) is 0 Å². The third kappa shape index (κ3) is 8.38. The fraction of sp³-hybridized carbons (Fsp3) is 0.208. The molecule has 0 aliphatic carbocycles. The lowest BCUT2D eigenvalue weighted by atomic mass is 9.85. The van der Waals surface area contributed by atoms with E-state index in [1.165, 1.54) is 76.6 Å². The Hall–Kier alpha value is -8.93. The monoisotopic (exact) mass is 1070 g/mol. The Morgan fingerprint density at radius 2 is 0.610 bits per heavy atom. The van der Waals surface area contributed by atoms with Crippen LogP contribution < -0.4 is 0 Å². The molecule has 5 nitrogen and oxygen atoms in total. The number of nitrogens with zero attached hydrogens (tertiary/aromatic N) is 5. The van der Waals surface area contributed by atoms with Crippen molar-refractivity contribution >= 4 is 71.1 Å². The number of hydrogen-bond acceptors (Lipinski definition) is 1. The number of pyridine rings is 1. The maximum absolute atomic E-state index is 5.21. The van der Waals surface area contributed by atoms with E-state index in [1.54, 1.807) is 0 Å². The standard InChI is InChI=1S/C77H71N5/c1-74(2,3)52-26-34-65-59(41-52)60-42-53(75(4,5)6)27-35-66(60)81(65)57-32-38-69-63(45-57)64-46-58(82-67-36-28-54(76(7,8)9)43-61(67)62-44-55(77(10,11)12)29-37-68(62)82)33-39-70(64)80(69)56-30-23-48(24-31-56)51-25-40-71-78-72(49-19-15-13-16-20-49)73(79(71)47-51)50-21-17-14-18-22-50/h13-47H,1-12H3. The second-order valence-corrected chi connectivity index (χ2v) is 27.1. The SMILES string of the molecule is CC(C)(C)c1ccc2c(c1)c1cc(C(C)(C)C)ccc1n2-c1ccc2c(c1)c1cc(-n3c4ccc(C(C)(C)C)cc4c4cc(C(C)(C)C)ccc43)ccc1n2-c1ccc(-c2ccc3nc(-c4ccccc4)c(-c4ccccc4)n3c2)cc1. The van der Waals surface area contributed by atoms with Gasteiger partial charge in [-0.3, -0.25) is 4.40 Å². The quantitative estimate of drug-likeness (QED) is 0.163. The molecule has 0 unspecified atom stereocenters. The fourth-order valence-electron chi connectivity index (χ4n) is 12.7. The molecule has 0 N–H and O–H groups in total. The first-order valence-electron chi connectivity index (χ1n) is 29.2.